The molecule has 0 aliphatic heterocycles. The van der Waals surface area contributed by atoms with E-state index in [4.69, 9.17) is 0 Å². The van der Waals surface area contributed by atoms with Gasteiger partial charge in [-0.05, 0) is 36.8 Å². The van der Waals surface area contributed by atoms with E-state index in [1.807, 2.05) is 0 Å². The van der Waals surface area contributed by atoms with Crippen molar-refractivity contribution < 1.29 is 0 Å². The molecule has 1 nitrogen and oxygen atoms in total. The third-order valence-corrected chi connectivity index (χ3v) is 3.21. The van der Waals surface area contributed by atoms with E-state index in [1.165, 1.54) is 27.4 Å². The van der Waals surface area contributed by atoms with Gasteiger partial charge in [0.2, 0.25) is 0 Å². The van der Waals surface area contributed by atoms with Crippen LogP contribution >= 0.6 is 15.9 Å². The number of aromatic nitrogens is 1. The van der Waals surface area contributed by atoms with Gasteiger partial charge in [0.05, 0.1) is 0 Å². The van der Waals surface area contributed by atoms with Crippen LogP contribution in [0.4, 0.5) is 0 Å². The van der Waals surface area contributed by atoms with Crippen LogP contribution in [0.2, 0.25) is 0 Å². The SMILES string of the molecule is Cc1ccc2c(c1)[nH]c1ccc(Br)cc12. The van der Waals surface area contributed by atoms with E-state index in [9.17, 15) is 0 Å². The molecule has 3 aromatic rings. The second-order valence-electron chi connectivity index (χ2n) is 3.86. The number of rotatable bonds is 0. The molecule has 0 aliphatic carbocycles. The van der Waals surface area contributed by atoms with E-state index in [0.29, 0.717) is 0 Å². The molecule has 0 unspecified atom stereocenters. The van der Waals surface area contributed by atoms with Crippen LogP contribution in [-0.4, -0.2) is 4.98 Å². The molecule has 0 spiro atoms. The summed E-state index contributed by atoms with van der Waals surface area (Å²) in [6, 6.07) is 12.8. The van der Waals surface area contributed by atoms with Crippen molar-refractivity contribution in [2.24, 2.45) is 0 Å². The van der Waals surface area contributed by atoms with Crippen LogP contribution in [0.3, 0.4) is 0 Å². The molecular weight excluding hydrogens is 250 g/mol. The molecule has 1 aromatic heterocycles. The van der Waals surface area contributed by atoms with Gasteiger partial charge in [-0.25, -0.2) is 0 Å². The average Bonchev–Trinajstić information content (AvgIpc) is 2.54. The summed E-state index contributed by atoms with van der Waals surface area (Å²) < 4.78 is 1.12. The van der Waals surface area contributed by atoms with Gasteiger partial charge in [0.25, 0.3) is 0 Å². The van der Waals surface area contributed by atoms with Gasteiger partial charge in [0.1, 0.15) is 0 Å². The molecular formula is C13H10BrN. The second kappa shape index (κ2) is 3.11. The molecule has 1 heterocycles. The maximum absolute atomic E-state index is 3.50. The highest BCUT2D eigenvalue weighted by Crippen LogP contribution is 2.28. The van der Waals surface area contributed by atoms with E-state index in [-0.39, 0.29) is 0 Å². The minimum absolute atomic E-state index is 1.12. The largest absolute Gasteiger partial charge is 0.355 e. The molecule has 0 fully saturated rings. The predicted molar refractivity (Wildman–Crippen MR) is 68.2 cm³/mol. The van der Waals surface area contributed by atoms with E-state index in [2.05, 4.69) is 64.2 Å². The first-order valence-corrected chi connectivity index (χ1v) is 5.71. The summed E-state index contributed by atoms with van der Waals surface area (Å²) in [5, 5.41) is 2.57. The van der Waals surface area contributed by atoms with Gasteiger partial charge < -0.3 is 4.98 Å². The molecule has 74 valence electrons. The Balaban J connectivity index is 2.53. The van der Waals surface area contributed by atoms with Crippen LogP contribution in [-0.2, 0) is 0 Å². The maximum atomic E-state index is 3.50. The van der Waals surface area contributed by atoms with Crippen molar-refractivity contribution in [3.8, 4) is 0 Å². The number of nitrogens with one attached hydrogen (secondary N) is 1. The molecule has 15 heavy (non-hydrogen) atoms. The zero-order valence-electron chi connectivity index (χ0n) is 8.34. The van der Waals surface area contributed by atoms with Crippen LogP contribution in [0.5, 0.6) is 0 Å². The van der Waals surface area contributed by atoms with Gasteiger partial charge in [-0.1, -0.05) is 28.1 Å². The molecule has 2 heteroatoms. The third-order valence-electron chi connectivity index (χ3n) is 2.72. The van der Waals surface area contributed by atoms with E-state index >= 15 is 0 Å². The van der Waals surface area contributed by atoms with Crippen molar-refractivity contribution in [1.82, 2.24) is 4.98 Å². The van der Waals surface area contributed by atoms with E-state index in [1.54, 1.807) is 0 Å². The number of hydrogen-bond donors (Lipinski definition) is 1. The molecule has 0 atom stereocenters. The fourth-order valence-corrected chi connectivity index (χ4v) is 2.35. The summed E-state index contributed by atoms with van der Waals surface area (Å²) in [4.78, 5) is 3.43. The number of benzene rings is 2. The van der Waals surface area contributed by atoms with Crippen molar-refractivity contribution in [1.29, 1.82) is 0 Å². The first-order valence-electron chi connectivity index (χ1n) is 4.92. The molecule has 1 N–H and O–H groups in total. The smallest absolute Gasteiger partial charge is 0.0467 e. The van der Waals surface area contributed by atoms with E-state index in [0.717, 1.165) is 4.47 Å². The number of H-pyrrole nitrogens is 1. The Morgan fingerprint density at radius 3 is 2.67 bits per heavy atom. The molecule has 2 aromatic carbocycles. The number of fused-ring (bicyclic) bond motifs is 3. The summed E-state index contributed by atoms with van der Waals surface area (Å²) >= 11 is 3.50. The lowest BCUT2D eigenvalue weighted by molar-refractivity contribution is 1.47. The average molecular weight is 260 g/mol. The minimum Gasteiger partial charge on any atom is -0.355 e. The Morgan fingerprint density at radius 1 is 0.933 bits per heavy atom. The van der Waals surface area contributed by atoms with Gasteiger partial charge >= 0.3 is 0 Å². The zero-order valence-corrected chi connectivity index (χ0v) is 9.93. The molecule has 0 radical (unpaired) electrons. The number of hydrogen-bond acceptors (Lipinski definition) is 0. The Kier molecular flexibility index (Phi) is 1.86. The topological polar surface area (TPSA) is 15.8 Å². The van der Waals surface area contributed by atoms with Gasteiger partial charge in [0.15, 0.2) is 0 Å². The van der Waals surface area contributed by atoms with Crippen LogP contribution in [0.15, 0.2) is 40.9 Å². The Labute approximate surface area is 96.2 Å². The number of halogens is 1. The Hall–Kier alpha value is -1.28. The van der Waals surface area contributed by atoms with Crippen LogP contribution in [0.25, 0.3) is 21.8 Å². The van der Waals surface area contributed by atoms with Crippen LogP contribution < -0.4 is 0 Å². The number of aryl methyl sites for hydroxylation is 1. The summed E-state index contributed by atoms with van der Waals surface area (Å²) in [5.41, 5.74) is 3.69. The van der Waals surface area contributed by atoms with Crippen LogP contribution in [0, 0.1) is 6.92 Å². The van der Waals surface area contributed by atoms with E-state index < -0.39 is 0 Å². The lowest BCUT2D eigenvalue weighted by Crippen LogP contribution is -1.70. The summed E-state index contributed by atoms with van der Waals surface area (Å²) in [5.74, 6) is 0. The lowest BCUT2D eigenvalue weighted by Gasteiger charge is -1.93. The molecule has 0 saturated heterocycles. The predicted octanol–water partition coefficient (Wildman–Crippen LogP) is 4.39. The van der Waals surface area contributed by atoms with Crippen molar-refractivity contribution >= 4 is 37.7 Å². The zero-order chi connectivity index (χ0) is 10.4. The molecule has 0 aliphatic rings. The highest BCUT2D eigenvalue weighted by atomic mass is 79.9. The van der Waals surface area contributed by atoms with Gasteiger partial charge in [-0.3, -0.25) is 0 Å². The fraction of sp³-hybridized carbons (Fsp3) is 0.0769. The first kappa shape index (κ1) is 8.98. The quantitative estimate of drug-likeness (QED) is 0.617. The molecule has 0 amide bonds. The minimum atomic E-state index is 1.12. The standard InChI is InChI=1S/C13H10BrN/c1-8-2-4-10-11-7-9(14)3-5-12(11)15-13(10)6-8/h2-7,15H,1H3. The van der Waals surface area contributed by atoms with Gasteiger partial charge in [0, 0.05) is 26.3 Å². The second-order valence-corrected chi connectivity index (χ2v) is 4.78. The molecule has 0 saturated carbocycles. The lowest BCUT2D eigenvalue weighted by atomic mass is 10.1. The summed E-state index contributed by atoms with van der Waals surface area (Å²) in [6.45, 7) is 2.11. The first-order chi connectivity index (χ1) is 7.24. The van der Waals surface area contributed by atoms with Crippen molar-refractivity contribution in [2.45, 2.75) is 6.92 Å². The fourth-order valence-electron chi connectivity index (χ4n) is 1.99. The van der Waals surface area contributed by atoms with Crippen molar-refractivity contribution in [3.63, 3.8) is 0 Å². The summed E-state index contributed by atoms with van der Waals surface area (Å²) in [7, 11) is 0. The third kappa shape index (κ3) is 1.37. The van der Waals surface area contributed by atoms with Crippen molar-refractivity contribution in [2.75, 3.05) is 0 Å². The van der Waals surface area contributed by atoms with Gasteiger partial charge in [-0.15, -0.1) is 0 Å². The highest BCUT2D eigenvalue weighted by molar-refractivity contribution is 9.10. The van der Waals surface area contributed by atoms with Crippen LogP contribution in [0.1, 0.15) is 5.56 Å². The summed E-state index contributed by atoms with van der Waals surface area (Å²) in [6.07, 6.45) is 0. The maximum Gasteiger partial charge on any atom is 0.0467 e. The van der Waals surface area contributed by atoms with Gasteiger partial charge in [-0.2, -0.15) is 0 Å². The molecule has 0 bridgehead atoms. The van der Waals surface area contributed by atoms with Crippen molar-refractivity contribution in [3.05, 3.63) is 46.4 Å². The molecule has 3 rings (SSSR count). The Bertz CT molecular complexity index is 652. The Morgan fingerprint density at radius 2 is 1.80 bits per heavy atom. The highest BCUT2D eigenvalue weighted by Gasteiger charge is 2.03. The normalized spacial score (nSPS) is 11.3. The monoisotopic (exact) mass is 259 g/mol. The number of aromatic amines is 1.